The number of rotatable bonds is 7. The van der Waals surface area contributed by atoms with Crippen molar-refractivity contribution in [3.8, 4) is 0 Å². The summed E-state index contributed by atoms with van der Waals surface area (Å²) in [5, 5.41) is 20.5. The molecule has 3 unspecified atom stereocenters. The van der Waals surface area contributed by atoms with E-state index in [1.54, 1.807) is 0 Å². The maximum Gasteiger partial charge on any atom is 0.0573 e. The van der Waals surface area contributed by atoms with Gasteiger partial charge in [0.2, 0.25) is 0 Å². The third-order valence-corrected chi connectivity index (χ3v) is 5.49. The molecule has 0 aliphatic heterocycles. The molecular weight excluding hydrogens is 260 g/mol. The Kier molecular flexibility index (Phi) is 5.76. The molecule has 0 spiro atoms. The minimum absolute atomic E-state index is 0.0521. The average Bonchev–Trinajstić information content (AvgIpc) is 3.08. The molecular formula is C19H36O2. The van der Waals surface area contributed by atoms with Crippen molar-refractivity contribution >= 4 is 0 Å². The standard InChI is InChI=1S/C19H36O2/c1-13(10-17(20)15-7-8-15)9-14-5-6-16(11-14)18(21)12-19(2,3)4/h13-18,20-21H,5-12H2,1-4H3/t13?,14?,16?,17-,18-/m0/s1. The molecule has 21 heavy (non-hydrogen) atoms. The maximum absolute atomic E-state index is 10.4. The van der Waals surface area contributed by atoms with Crippen LogP contribution in [-0.4, -0.2) is 22.4 Å². The van der Waals surface area contributed by atoms with E-state index in [9.17, 15) is 10.2 Å². The summed E-state index contributed by atoms with van der Waals surface area (Å²) >= 11 is 0. The molecule has 2 N–H and O–H groups in total. The zero-order valence-corrected chi connectivity index (χ0v) is 14.5. The van der Waals surface area contributed by atoms with Gasteiger partial charge in [0.25, 0.3) is 0 Å². The maximum atomic E-state index is 10.4. The Hall–Kier alpha value is -0.0800. The first kappa shape index (κ1) is 17.3. The Labute approximate surface area is 131 Å². The van der Waals surface area contributed by atoms with Crippen molar-refractivity contribution in [1.29, 1.82) is 0 Å². The predicted octanol–water partition coefficient (Wildman–Crippen LogP) is 4.39. The molecule has 0 heterocycles. The minimum atomic E-state index is -0.123. The molecule has 5 atom stereocenters. The first-order valence-corrected chi connectivity index (χ1v) is 9.10. The van der Waals surface area contributed by atoms with Crippen LogP contribution in [0.4, 0.5) is 0 Å². The van der Waals surface area contributed by atoms with E-state index >= 15 is 0 Å². The Morgan fingerprint density at radius 2 is 1.57 bits per heavy atom. The molecule has 2 heteroatoms. The number of aliphatic hydroxyl groups is 2. The highest BCUT2D eigenvalue weighted by molar-refractivity contribution is 4.85. The molecule has 2 rings (SSSR count). The largest absolute Gasteiger partial charge is 0.393 e. The van der Waals surface area contributed by atoms with Crippen LogP contribution < -0.4 is 0 Å². The fourth-order valence-corrected chi connectivity index (χ4v) is 4.22. The van der Waals surface area contributed by atoms with Gasteiger partial charge in [0.15, 0.2) is 0 Å². The molecule has 0 bridgehead atoms. The van der Waals surface area contributed by atoms with E-state index in [1.165, 1.54) is 38.5 Å². The van der Waals surface area contributed by atoms with Crippen molar-refractivity contribution in [2.75, 3.05) is 0 Å². The van der Waals surface area contributed by atoms with E-state index in [-0.39, 0.29) is 17.6 Å². The third kappa shape index (κ3) is 5.90. The normalized spacial score (nSPS) is 31.1. The van der Waals surface area contributed by atoms with E-state index < -0.39 is 0 Å². The summed E-state index contributed by atoms with van der Waals surface area (Å²) in [4.78, 5) is 0. The quantitative estimate of drug-likeness (QED) is 0.731. The summed E-state index contributed by atoms with van der Waals surface area (Å²) in [6.45, 7) is 8.93. The van der Waals surface area contributed by atoms with E-state index in [2.05, 4.69) is 27.7 Å². The second kappa shape index (κ2) is 7.00. The summed E-state index contributed by atoms with van der Waals surface area (Å²) in [5.74, 6) is 2.52. The van der Waals surface area contributed by atoms with Crippen molar-refractivity contribution in [2.45, 2.75) is 91.3 Å². The lowest BCUT2D eigenvalue weighted by atomic mass is 9.83. The Balaban J connectivity index is 1.69. The van der Waals surface area contributed by atoms with Gasteiger partial charge in [-0.1, -0.05) is 34.1 Å². The SMILES string of the molecule is CC(CC1CCC([C@@H](O)CC(C)(C)C)C1)C[C@H](O)C1CC1. The summed E-state index contributed by atoms with van der Waals surface area (Å²) in [7, 11) is 0. The van der Waals surface area contributed by atoms with Gasteiger partial charge in [0, 0.05) is 0 Å². The monoisotopic (exact) mass is 296 g/mol. The molecule has 2 aliphatic rings. The molecule has 124 valence electrons. The summed E-state index contributed by atoms with van der Waals surface area (Å²) < 4.78 is 0. The molecule has 0 aromatic rings. The van der Waals surface area contributed by atoms with Crippen molar-refractivity contribution in [2.24, 2.45) is 29.1 Å². The van der Waals surface area contributed by atoms with Crippen LogP contribution in [0, 0.1) is 29.1 Å². The number of hydrogen-bond acceptors (Lipinski definition) is 2. The minimum Gasteiger partial charge on any atom is -0.393 e. The topological polar surface area (TPSA) is 40.5 Å². The predicted molar refractivity (Wildman–Crippen MR) is 88.0 cm³/mol. The van der Waals surface area contributed by atoms with E-state index in [1.807, 2.05) is 0 Å². The summed E-state index contributed by atoms with van der Waals surface area (Å²) in [5.41, 5.74) is 0.221. The van der Waals surface area contributed by atoms with Crippen LogP contribution in [0.2, 0.25) is 0 Å². The van der Waals surface area contributed by atoms with Crippen LogP contribution in [0.1, 0.15) is 79.1 Å². The van der Waals surface area contributed by atoms with Crippen molar-refractivity contribution in [1.82, 2.24) is 0 Å². The molecule has 0 aromatic carbocycles. The fourth-order valence-electron chi connectivity index (χ4n) is 4.22. The second-order valence-corrected chi connectivity index (χ2v) is 9.25. The van der Waals surface area contributed by atoms with Crippen LogP contribution in [-0.2, 0) is 0 Å². The third-order valence-electron chi connectivity index (χ3n) is 5.49. The van der Waals surface area contributed by atoms with E-state index in [4.69, 9.17) is 0 Å². The zero-order valence-electron chi connectivity index (χ0n) is 14.5. The van der Waals surface area contributed by atoms with Crippen LogP contribution in [0.3, 0.4) is 0 Å². The van der Waals surface area contributed by atoms with Gasteiger partial charge in [-0.3, -0.25) is 0 Å². The van der Waals surface area contributed by atoms with Crippen molar-refractivity contribution < 1.29 is 10.2 Å². The highest BCUT2D eigenvalue weighted by atomic mass is 16.3. The highest BCUT2D eigenvalue weighted by Crippen LogP contribution is 2.41. The average molecular weight is 296 g/mol. The molecule has 2 saturated carbocycles. The lowest BCUT2D eigenvalue weighted by Crippen LogP contribution is -2.24. The van der Waals surface area contributed by atoms with Gasteiger partial charge in [-0.05, 0) is 74.0 Å². The van der Waals surface area contributed by atoms with Gasteiger partial charge >= 0.3 is 0 Å². The van der Waals surface area contributed by atoms with Crippen LogP contribution >= 0.6 is 0 Å². The first-order valence-electron chi connectivity index (χ1n) is 9.10. The Bertz CT molecular complexity index is 316. The lowest BCUT2D eigenvalue weighted by Gasteiger charge is -2.26. The second-order valence-electron chi connectivity index (χ2n) is 9.25. The number of hydrogen-bond donors (Lipinski definition) is 2. The lowest BCUT2D eigenvalue weighted by molar-refractivity contribution is 0.0657. The summed E-state index contributed by atoms with van der Waals surface area (Å²) in [6, 6.07) is 0. The van der Waals surface area contributed by atoms with Crippen LogP contribution in [0.25, 0.3) is 0 Å². The molecule has 0 aromatic heterocycles. The van der Waals surface area contributed by atoms with Gasteiger partial charge in [-0.25, -0.2) is 0 Å². The number of aliphatic hydroxyl groups excluding tert-OH is 2. The van der Waals surface area contributed by atoms with Gasteiger partial charge in [0.05, 0.1) is 12.2 Å². The van der Waals surface area contributed by atoms with Gasteiger partial charge < -0.3 is 10.2 Å². The van der Waals surface area contributed by atoms with Crippen LogP contribution in [0.15, 0.2) is 0 Å². The van der Waals surface area contributed by atoms with Crippen molar-refractivity contribution in [3.63, 3.8) is 0 Å². The summed E-state index contributed by atoms with van der Waals surface area (Å²) in [6.07, 6.45) is 9.10. The highest BCUT2D eigenvalue weighted by Gasteiger charge is 2.34. The first-order chi connectivity index (χ1) is 9.74. The molecule has 2 fully saturated rings. The van der Waals surface area contributed by atoms with Gasteiger partial charge in [-0.15, -0.1) is 0 Å². The Morgan fingerprint density at radius 3 is 2.14 bits per heavy atom. The Morgan fingerprint density at radius 1 is 0.952 bits per heavy atom. The molecule has 0 amide bonds. The van der Waals surface area contributed by atoms with E-state index in [0.29, 0.717) is 17.8 Å². The molecule has 0 saturated heterocycles. The molecule has 0 radical (unpaired) electrons. The van der Waals surface area contributed by atoms with Crippen LogP contribution in [0.5, 0.6) is 0 Å². The molecule has 2 aliphatic carbocycles. The van der Waals surface area contributed by atoms with Crippen molar-refractivity contribution in [3.05, 3.63) is 0 Å². The van der Waals surface area contributed by atoms with E-state index in [0.717, 1.165) is 18.8 Å². The smallest absolute Gasteiger partial charge is 0.0573 e. The van der Waals surface area contributed by atoms with Gasteiger partial charge in [0.1, 0.15) is 0 Å². The fraction of sp³-hybridized carbons (Fsp3) is 1.00. The molecule has 2 nitrogen and oxygen atoms in total. The zero-order chi connectivity index (χ0) is 15.6. The van der Waals surface area contributed by atoms with Gasteiger partial charge in [-0.2, -0.15) is 0 Å².